The molecule has 0 heterocycles. The molecule has 0 fully saturated rings. The van der Waals surface area contributed by atoms with E-state index in [-0.39, 0.29) is 6.10 Å². The Morgan fingerprint density at radius 3 is 2.55 bits per heavy atom. The van der Waals surface area contributed by atoms with E-state index in [1.54, 1.807) is 12.1 Å². The molecule has 0 atom stereocenters. The van der Waals surface area contributed by atoms with Crippen LogP contribution in [0.5, 0.6) is 5.75 Å². The van der Waals surface area contributed by atoms with Crippen LogP contribution in [0.4, 0.5) is 0 Å². The predicted octanol–water partition coefficient (Wildman–Crippen LogP) is 4.15. The van der Waals surface area contributed by atoms with Crippen LogP contribution < -0.4 is 4.74 Å². The van der Waals surface area contributed by atoms with Crippen molar-refractivity contribution < 1.29 is 14.6 Å². The molecule has 2 rings (SSSR count). The average Bonchev–Trinajstić information content (AvgIpc) is 2.38. The molecule has 0 saturated heterocycles. The third-order valence-electron chi connectivity index (χ3n) is 3.00. The van der Waals surface area contributed by atoms with E-state index in [0.29, 0.717) is 5.56 Å². The molecule has 104 valence electrons. The molecule has 20 heavy (non-hydrogen) atoms. The maximum absolute atomic E-state index is 11.1. The van der Waals surface area contributed by atoms with E-state index in [2.05, 4.69) is 0 Å². The number of carboxylic acids is 1. The van der Waals surface area contributed by atoms with Gasteiger partial charge in [0.1, 0.15) is 5.75 Å². The topological polar surface area (TPSA) is 46.5 Å². The van der Waals surface area contributed by atoms with Gasteiger partial charge in [-0.15, -0.1) is 0 Å². The van der Waals surface area contributed by atoms with E-state index in [4.69, 9.17) is 9.84 Å². The first kappa shape index (κ1) is 14.1. The lowest BCUT2D eigenvalue weighted by Gasteiger charge is -2.12. The fourth-order valence-corrected chi connectivity index (χ4v) is 2.08. The molecule has 0 spiro atoms. The van der Waals surface area contributed by atoms with Gasteiger partial charge in [-0.3, -0.25) is 0 Å². The van der Waals surface area contributed by atoms with Crippen LogP contribution in [0.15, 0.2) is 42.5 Å². The minimum Gasteiger partial charge on any atom is -0.491 e. The summed E-state index contributed by atoms with van der Waals surface area (Å²) >= 11 is 0. The van der Waals surface area contributed by atoms with Crippen molar-refractivity contribution in [3.05, 3.63) is 53.6 Å². The maximum Gasteiger partial charge on any atom is 0.335 e. The number of aryl methyl sites for hydroxylation is 1. The van der Waals surface area contributed by atoms with Gasteiger partial charge in [0.05, 0.1) is 11.7 Å². The summed E-state index contributed by atoms with van der Waals surface area (Å²) in [6, 6.07) is 12.9. The van der Waals surface area contributed by atoms with Gasteiger partial charge in [0.25, 0.3) is 0 Å². The third-order valence-corrected chi connectivity index (χ3v) is 3.00. The average molecular weight is 270 g/mol. The van der Waals surface area contributed by atoms with E-state index >= 15 is 0 Å². The van der Waals surface area contributed by atoms with Crippen LogP contribution in [-0.2, 0) is 0 Å². The number of carbonyl (C=O) groups is 1. The smallest absolute Gasteiger partial charge is 0.335 e. The lowest BCUT2D eigenvalue weighted by atomic mass is 9.98. The second-order valence-electron chi connectivity index (χ2n) is 5.03. The highest BCUT2D eigenvalue weighted by molar-refractivity contribution is 5.90. The van der Waals surface area contributed by atoms with E-state index in [1.807, 2.05) is 51.1 Å². The molecule has 0 aromatic heterocycles. The first-order valence-electron chi connectivity index (χ1n) is 6.58. The Morgan fingerprint density at radius 2 is 1.90 bits per heavy atom. The van der Waals surface area contributed by atoms with Crippen molar-refractivity contribution in [3.63, 3.8) is 0 Å². The highest BCUT2D eigenvalue weighted by atomic mass is 16.5. The summed E-state index contributed by atoms with van der Waals surface area (Å²) in [7, 11) is 0. The lowest BCUT2D eigenvalue weighted by molar-refractivity contribution is 0.0697. The maximum atomic E-state index is 11.1. The molecule has 3 heteroatoms. The molecule has 0 aliphatic heterocycles. The molecule has 0 bridgehead atoms. The molecule has 3 nitrogen and oxygen atoms in total. The van der Waals surface area contributed by atoms with Gasteiger partial charge in [0, 0.05) is 0 Å². The monoisotopic (exact) mass is 270 g/mol. The standard InChI is InChI=1S/C17H18O3/c1-11(2)20-15-6-4-5-13(9-15)16-10-14(17(18)19)8-7-12(16)3/h4-11H,1-3H3,(H,18,19). The summed E-state index contributed by atoms with van der Waals surface area (Å²) in [4.78, 5) is 11.1. The number of benzene rings is 2. The van der Waals surface area contributed by atoms with Crippen molar-refractivity contribution >= 4 is 5.97 Å². The second-order valence-corrected chi connectivity index (χ2v) is 5.03. The van der Waals surface area contributed by atoms with Crippen LogP contribution in [0.2, 0.25) is 0 Å². The van der Waals surface area contributed by atoms with E-state index < -0.39 is 5.97 Å². The number of carboxylic acid groups (broad SMARTS) is 1. The fourth-order valence-electron chi connectivity index (χ4n) is 2.08. The summed E-state index contributed by atoms with van der Waals surface area (Å²) < 4.78 is 5.68. The molecule has 2 aromatic rings. The number of rotatable bonds is 4. The van der Waals surface area contributed by atoms with Crippen LogP contribution in [0.3, 0.4) is 0 Å². The zero-order chi connectivity index (χ0) is 14.7. The molecular weight excluding hydrogens is 252 g/mol. The third kappa shape index (κ3) is 3.18. The Balaban J connectivity index is 2.45. The summed E-state index contributed by atoms with van der Waals surface area (Å²) in [6.07, 6.45) is 0.108. The van der Waals surface area contributed by atoms with Gasteiger partial charge >= 0.3 is 5.97 Å². The molecule has 0 saturated carbocycles. The van der Waals surface area contributed by atoms with Gasteiger partial charge in [-0.2, -0.15) is 0 Å². The summed E-state index contributed by atoms with van der Waals surface area (Å²) in [5, 5.41) is 9.10. The minimum absolute atomic E-state index is 0.108. The molecular formula is C17H18O3. The first-order chi connectivity index (χ1) is 9.47. The van der Waals surface area contributed by atoms with Crippen LogP contribution in [0.25, 0.3) is 11.1 Å². The second kappa shape index (κ2) is 5.78. The SMILES string of the molecule is Cc1ccc(C(=O)O)cc1-c1cccc(OC(C)C)c1. The van der Waals surface area contributed by atoms with Crippen molar-refractivity contribution in [1.29, 1.82) is 0 Å². The van der Waals surface area contributed by atoms with Crippen molar-refractivity contribution in [2.45, 2.75) is 26.9 Å². The summed E-state index contributed by atoms with van der Waals surface area (Å²) in [5.41, 5.74) is 3.21. The lowest BCUT2D eigenvalue weighted by Crippen LogP contribution is -2.05. The molecule has 0 aliphatic rings. The largest absolute Gasteiger partial charge is 0.491 e. The zero-order valence-corrected chi connectivity index (χ0v) is 11.9. The van der Waals surface area contributed by atoms with Gasteiger partial charge in [0.2, 0.25) is 0 Å². The predicted molar refractivity (Wildman–Crippen MR) is 79.3 cm³/mol. The zero-order valence-electron chi connectivity index (χ0n) is 11.9. The Morgan fingerprint density at radius 1 is 1.15 bits per heavy atom. The summed E-state index contributed by atoms with van der Waals surface area (Å²) in [5.74, 6) is -0.126. The molecule has 0 radical (unpaired) electrons. The van der Waals surface area contributed by atoms with Gasteiger partial charge in [-0.25, -0.2) is 4.79 Å². The van der Waals surface area contributed by atoms with Crippen LogP contribution in [0.1, 0.15) is 29.8 Å². The van der Waals surface area contributed by atoms with E-state index in [9.17, 15) is 4.79 Å². The van der Waals surface area contributed by atoms with Crippen LogP contribution >= 0.6 is 0 Å². The number of aromatic carboxylic acids is 1. The fraction of sp³-hybridized carbons (Fsp3) is 0.235. The Kier molecular flexibility index (Phi) is 4.08. The first-order valence-corrected chi connectivity index (χ1v) is 6.58. The normalized spacial score (nSPS) is 10.6. The molecule has 0 unspecified atom stereocenters. The van der Waals surface area contributed by atoms with Crippen molar-refractivity contribution in [1.82, 2.24) is 0 Å². The van der Waals surface area contributed by atoms with Gasteiger partial charge < -0.3 is 9.84 Å². The van der Waals surface area contributed by atoms with Gasteiger partial charge in [-0.1, -0.05) is 18.2 Å². The van der Waals surface area contributed by atoms with Crippen molar-refractivity contribution in [2.75, 3.05) is 0 Å². The highest BCUT2D eigenvalue weighted by Gasteiger charge is 2.09. The molecule has 2 aromatic carbocycles. The molecule has 1 N–H and O–H groups in total. The van der Waals surface area contributed by atoms with Gasteiger partial charge in [0.15, 0.2) is 0 Å². The van der Waals surface area contributed by atoms with Crippen LogP contribution in [-0.4, -0.2) is 17.2 Å². The van der Waals surface area contributed by atoms with Gasteiger partial charge in [-0.05, 0) is 61.7 Å². The minimum atomic E-state index is -0.916. The van der Waals surface area contributed by atoms with E-state index in [0.717, 1.165) is 22.4 Å². The quantitative estimate of drug-likeness (QED) is 0.907. The van der Waals surface area contributed by atoms with Crippen molar-refractivity contribution in [2.24, 2.45) is 0 Å². The Bertz CT molecular complexity index is 630. The van der Waals surface area contributed by atoms with Crippen LogP contribution in [0, 0.1) is 6.92 Å². The molecule has 0 aliphatic carbocycles. The summed E-state index contributed by atoms with van der Waals surface area (Å²) in [6.45, 7) is 5.92. The highest BCUT2D eigenvalue weighted by Crippen LogP contribution is 2.28. The number of ether oxygens (including phenoxy) is 1. The number of hydrogen-bond donors (Lipinski definition) is 1. The molecule has 0 amide bonds. The number of hydrogen-bond acceptors (Lipinski definition) is 2. The van der Waals surface area contributed by atoms with Crippen molar-refractivity contribution in [3.8, 4) is 16.9 Å². The Hall–Kier alpha value is -2.29. The van der Waals surface area contributed by atoms with E-state index in [1.165, 1.54) is 0 Å². The Labute approximate surface area is 118 Å².